The molecule has 3 aromatic carbocycles. The van der Waals surface area contributed by atoms with E-state index in [1.807, 2.05) is 28.8 Å². The van der Waals surface area contributed by atoms with Crippen molar-refractivity contribution in [3.05, 3.63) is 108 Å². The molecule has 0 amide bonds. The quantitative estimate of drug-likeness (QED) is 0.269. The van der Waals surface area contributed by atoms with Crippen molar-refractivity contribution in [1.82, 2.24) is 14.5 Å². The molecular formula is C32H31FN4O2Si. The predicted octanol–water partition coefficient (Wildman–Crippen LogP) is 5.18. The molecular weight excluding hydrogens is 519 g/mol. The van der Waals surface area contributed by atoms with Gasteiger partial charge in [-0.3, -0.25) is 4.98 Å². The molecule has 0 aliphatic rings. The van der Waals surface area contributed by atoms with Crippen molar-refractivity contribution in [2.24, 2.45) is 0 Å². The number of hydrogen-bond acceptors (Lipinski definition) is 5. The minimum absolute atomic E-state index is 0.0460. The zero-order chi connectivity index (χ0) is 28.3. The Hall–Kier alpha value is -4.16. The van der Waals surface area contributed by atoms with E-state index in [0.717, 1.165) is 0 Å². The van der Waals surface area contributed by atoms with Gasteiger partial charge in [-0.2, -0.15) is 5.26 Å². The topological polar surface area (TPSA) is 84.0 Å². The number of hydrogen-bond donors (Lipinski definition) is 1. The van der Waals surface area contributed by atoms with Gasteiger partial charge < -0.3 is 14.1 Å². The third-order valence-corrected chi connectivity index (χ3v) is 12.3. The molecule has 0 bridgehead atoms. The van der Waals surface area contributed by atoms with Gasteiger partial charge in [-0.05, 0) is 33.1 Å². The molecule has 0 atom stereocenters. The van der Waals surface area contributed by atoms with Crippen molar-refractivity contribution in [3.8, 4) is 17.5 Å². The highest BCUT2D eigenvalue weighted by atomic mass is 28.4. The Morgan fingerprint density at radius 3 is 2.20 bits per heavy atom. The highest BCUT2D eigenvalue weighted by Crippen LogP contribution is 2.37. The average molecular weight is 551 g/mol. The Morgan fingerprint density at radius 1 is 0.975 bits per heavy atom. The first-order valence-electron chi connectivity index (χ1n) is 13.2. The van der Waals surface area contributed by atoms with E-state index >= 15 is 0 Å². The lowest BCUT2D eigenvalue weighted by Crippen LogP contribution is -2.66. The molecule has 0 unspecified atom stereocenters. The average Bonchev–Trinajstić information content (AvgIpc) is 3.32. The Bertz CT molecular complexity index is 1640. The lowest BCUT2D eigenvalue weighted by molar-refractivity contribution is 0.281. The molecule has 1 N–H and O–H groups in total. The molecule has 2 aromatic heterocycles. The summed E-state index contributed by atoms with van der Waals surface area (Å²) >= 11 is 0. The van der Waals surface area contributed by atoms with Gasteiger partial charge in [-0.1, -0.05) is 81.4 Å². The third-order valence-electron chi connectivity index (χ3n) is 7.24. The molecule has 5 rings (SSSR count). The summed E-state index contributed by atoms with van der Waals surface area (Å²) in [5.74, 6) is -0.0460. The number of pyridine rings is 1. The Labute approximate surface area is 234 Å². The molecule has 0 aliphatic carbocycles. The first kappa shape index (κ1) is 27.4. The molecule has 202 valence electrons. The van der Waals surface area contributed by atoms with E-state index in [1.165, 1.54) is 22.5 Å². The van der Waals surface area contributed by atoms with Crippen LogP contribution in [0.5, 0.6) is 0 Å². The largest absolute Gasteiger partial charge is 0.406 e. The summed E-state index contributed by atoms with van der Waals surface area (Å²) in [4.78, 5) is 8.98. The van der Waals surface area contributed by atoms with Crippen LogP contribution in [0.1, 0.15) is 31.9 Å². The molecule has 5 aromatic rings. The molecule has 8 heteroatoms. The second-order valence-electron chi connectivity index (χ2n) is 10.8. The summed E-state index contributed by atoms with van der Waals surface area (Å²) in [6.07, 6.45) is 3.26. The SMILES string of the molecule is CC(C)(C)[Si](OCCn1c(-c2cncc(CO)c2)nc2cc(F)c(C#N)cc21)(c1ccccc1)c1ccccc1. The van der Waals surface area contributed by atoms with E-state index in [4.69, 9.17) is 9.41 Å². The summed E-state index contributed by atoms with van der Waals surface area (Å²) < 4.78 is 23.6. The predicted molar refractivity (Wildman–Crippen MR) is 157 cm³/mol. The number of benzene rings is 3. The number of imidazole rings is 1. The fourth-order valence-corrected chi connectivity index (χ4v) is 9.98. The van der Waals surface area contributed by atoms with Crippen LogP contribution in [0.15, 0.2) is 91.3 Å². The number of halogens is 1. The normalized spacial score (nSPS) is 12.0. The number of rotatable bonds is 8. The fraction of sp³-hybridized carbons (Fsp3) is 0.219. The van der Waals surface area contributed by atoms with Gasteiger partial charge in [0.25, 0.3) is 8.32 Å². The van der Waals surface area contributed by atoms with Gasteiger partial charge in [0.1, 0.15) is 17.7 Å². The molecule has 6 nitrogen and oxygen atoms in total. The van der Waals surface area contributed by atoms with E-state index in [9.17, 15) is 14.8 Å². The van der Waals surface area contributed by atoms with Gasteiger partial charge in [-0.25, -0.2) is 9.37 Å². The molecule has 0 spiro atoms. The lowest BCUT2D eigenvalue weighted by atomic mass is 10.2. The van der Waals surface area contributed by atoms with Crippen LogP contribution in [0, 0.1) is 17.1 Å². The van der Waals surface area contributed by atoms with Crippen LogP contribution >= 0.6 is 0 Å². The number of nitrogens with zero attached hydrogens (tertiary/aromatic N) is 4. The first-order chi connectivity index (χ1) is 19.3. The number of aliphatic hydroxyl groups excluding tert-OH is 1. The van der Waals surface area contributed by atoms with Crippen LogP contribution in [-0.4, -0.2) is 34.6 Å². The number of aromatic nitrogens is 3. The van der Waals surface area contributed by atoms with E-state index in [1.54, 1.807) is 12.4 Å². The monoisotopic (exact) mass is 550 g/mol. The number of nitriles is 1. The van der Waals surface area contributed by atoms with Crippen LogP contribution in [0.2, 0.25) is 5.04 Å². The molecule has 0 aliphatic heterocycles. The minimum atomic E-state index is -2.78. The fourth-order valence-electron chi connectivity index (χ4n) is 5.43. The van der Waals surface area contributed by atoms with Gasteiger partial charge in [0.05, 0.1) is 29.8 Å². The number of fused-ring (bicyclic) bond motifs is 1. The first-order valence-corrected chi connectivity index (χ1v) is 15.1. The second kappa shape index (κ2) is 11.1. The van der Waals surface area contributed by atoms with Gasteiger partial charge in [0.2, 0.25) is 0 Å². The van der Waals surface area contributed by atoms with Gasteiger partial charge in [0, 0.05) is 30.6 Å². The Balaban J connectivity index is 1.61. The standard InChI is InChI=1S/C32H31FN4O2Si/c1-32(2,3)40(26-10-6-4-7-11-26,27-12-8-5-9-13-27)39-15-14-37-30-17-24(19-34)28(33)18-29(30)36-31(37)25-16-23(22-38)20-35-21-25/h4-13,16-18,20-21,38H,14-15,22H2,1-3H3. The molecule has 40 heavy (non-hydrogen) atoms. The van der Waals surface area contributed by atoms with Crippen molar-refractivity contribution >= 4 is 29.7 Å². The van der Waals surface area contributed by atoms with Crippen LogP contribution < -0.4 is 10.4 Å². The highest BCUT2D eigenvalue weighted by Gasteiger charge is 2.50. The summed E-state index contributed by atoms with van der Waals surface area (Å²) in [5.41, 5.74) is 2.35. The molecule has 0 saturated heterocycles. The van der Waals surface area contributed by atoms with Crippen LogP contribution in [0.25, 0.3) is 22.4 Å². The maximum absolute atomic E-state index is 14.6. The Morgan fingerprint density at radius 2 is 1.62 bits per heavy atom. The maximum Gasteiger partial charge on any atom is 0.261 e. The maximum atomic E-state index is 14.6. The van der Waals surface area contributed by atoms with Crippen LogP contribution in [0.4, 0.5) is 4.39 Å². The molecule has 2 heterocycles. The van der Waals surface area contributed by atoms with Gasteiger partial charge >= 0.3 is 0 Å². The van der Waals surface area contributed by atoms with Crippen LogP contribution in [-0.2, 0) is 17.6 Å². The van der Waals surface area contributed by atoms with E-state index < -0.39 is 14.1 Å². The highest BCUT2D eigenvalue weighted by molar-refractivity contribution is 6.99. The minimum Gasteiger partial charge on any atom is -0.406 e. The number of aliphatic hydroxyl groups is 1. The van der Waals surface area contributed by atoms with Crippen molar-refractivity contribution in [2.75, 3.05) is 6.61 Å². The van der Waals surface area contributed by atoms with Crippen molar-refractivity contribution < 1.29 is 13.9 Å². The summed E-state index contributed by atoms with van der Waals surface area (Å²) in [7, 11) is -2.78. The molecule has 0 radical (unpaired) electrons. The molecule has 0 saturated carbocycles. The summed E-state index contributed by atoms with van der Waals surface area (Å²) in [6.45, 7) is 7.29. The van der Waals surface area contributed by atoms with Crippen molar-refractivity contribution in [2.45, 2.75) is 39.0 Å². The van der Waals surface area contributed by atoms with E-state index in [-0.39, 0.29) is 17.2 Å². The zero-order valence-corrected chi connectivity index (χ0v) is 23.8. The summed E-state index contributed by atoms with van der Waals surface area (Å²) in [6, 6.07) is 27.4. The Kier molecular flexibility index (Phi) is 7.63. The summed E-state index contributed by atoms with van der Waals surface area (Å²) in [5, 5.41) is 21.4. The van der Waals surface area contributed by atoms with Crippen LogP contribution in [0.3, 0.4) is 0 Å². The molecule has 0 fully saturated rings. The smallest absolute Gasteiger partial charge is 0.261 e. The second-order valence-corrected chi connectivity index (χ2v) is 15.1. The zero-order valence-electron chi connectivity index (χ0n) is 22.8. The van der Waals surface area contributed by atoms with E-state index in [0.29, 0.717) is 41.1 Å². The third kappa shape index (κ3) is 4.95. The lowest BCUT2D eigenvalue weighted by Gasteiger charge is -2.43. The van der Waals surface area contributed by atoms with Gasteiger partial charge in [0.15, 0.2) is 0 Å². The van der Waals surface area contributed by atoms with Crippen molar-refractivity contribution in [3.63, 3.8) is 0 Å². The van der Waals surface area contributed by atoms with Crippen molar-refractivity contribution in [1.29, 1.82) is 5.26 Å². The van der Waals surface area contributed by atoms with E-state index in [2.05, 4.69) is 74.3 Å². The van der Waals surface area contributed by atoms with Gasteiger partial charge in [-0.15, -0.1) is 0 Å².